The lowest BCUT2D eigenvalue weighted by Crippen LogP contribution is -2.58. The molecule has 0 spiro atoms. The van der Waals surface area contributed by atoms with Crippen LogP contribution in [0.25, 0.3) is 11.1 Å². The summed E-state index contributed by atoms with van der Waals surface area (Å²) in [5.41, 5.74) is -0.0833. The molecular weight excluding hydrogens is 356 g/mol. The molecule has 0 bridgehead atoms. The summed E-state index contributed by atoms with van der Waals surface area (Å²) in [6.45, 7) is 7.42. The molecule has 0 amide bonds. The van der Waals surface area contributed by atoms with Crippen molar-refractivity contribution < 1.29 is 14.6 Å². The fourth-order valence-corrected chi connectivity index (χ4v) is 3.70. The summed E-state index contributed by atoms with van der Waals surface area (Å²) < 4.78 is 6.65. The van der Waals surface area contributed by atoms with Gasteiger partial charge in [-0.3, -0.25) is 4.79 Å². The van der Waals surface area contributed by atoms with Gasteiger partial charge in [0.1, 0.15) is 0 Å². The highest BCUT2D eigenvalue weighted by atomic mass is 16.5. The standard InChI is InChI=1S/C22H28N2O4/c1-4-28-20(26)18-13-24(15-22(27)10-11-23-14-21(22,2)3)19(25)12-17(18)16-8-6-5-7-9-16/h5-9,12-13,23,27H,4,10-11,14-15H2,1-3H3. The number of hydrogen-bond donors (Lipinski definition) is 2. The molecule has 1 unspecified atom stereocenters. The number of hydrogen-bond acceptors (Lipinski definition) is 5. The fraction of sp³-hybridized carbons (Fsp3) is 0.455. The second-order valence-electron chi connectivity index (χ2n) is 8.00. The molecule has 1 aromatic carbocycles. The van der Waals surface area contributed by atoms with E-state index in [1.807, 2.05) is 44.2 Å². The van der Waals surface area contributed by atoms with E-state index in [4.69, 9.17) is 4.74 Å². The van der Waals surface area contributed by atoms with E-state index >= 15 is 0 Å². The number of benzene rings is 1. The Morgan fingerprint density at radius 1 is 1.29 bits per heavy atom. The zero-order chi connectivity index (χ0) is 20.4. The number of nitrogens with one attached hydrogen (secondary N) is 1. The van der Waals surface area contributed by atoms with Crippen molar-refractivity contribution >= 4 is 5.97 Å². The Hall–Kier alpha value is -2.44. The molecule has 1 atom stereocenters. The molecule has 150 valence electrons. The predicted octanol–water partition coefficient (Wildman–Crippen LogP) is 2.44. The van der Waals surface area contributed by atoms with Crippen LogP contribution in [0.1, 0.15) is 37.6 Å². The number of nitrogens with zero attached hydrogens (tertiary/aromatic N) is 1. The first-order valence-electron chi connectivity index (χ1n) is 9.67. The van der Waals surface area contributed by atoms with Gasteiger partial charge in [-0.15, -0.1) is 0 Å². The van der Waals surface area contributed by atoms with Crippen LogP contribution in [0.5, 0.6) is 0 Å². The van der Waals surface area contributed by atoms with Crippen molar-refractivity contribution in [1.29, 1.82) is 0 Å². The first kappa shape index (κ1) is 20.3. The number of carbonyl (C=O) groups is 1. The first-order chi connectivity index (χ1) is 13.3. The number of pyridine rings is 1. The van der Waals surface area contributed by atoms with E-state index < -0.39 is 17.0 Å². The first-order valence-corrected chi connectivity index (χ1v) is 9.67. The molecular formula is C22H28N2O4. The lowest BCUT2D eigenvalue weighted by Gasteiger charge is -2.47. The molecule has 1 saturated heterocycles. The van der Waals surface area contributed by atoms with E-state index in [2.05, 4.69) is 5.32 Å². The summed E-state index contributed by atoms with van der Waals surface area (Å²) >= 11 is 0. The van der Waals surface area contributed by atoms with E-state index in [9.17, 15) is 14.7 Å². The van der Waals surface area contributed by atoms with Crippen molar-refractivity contribution in [2.24, 2.45) is 5.41 Å². The highest BCUT2D eigenvalue weighted by Gasteiger charge is 2.45. The van der Waals surface area contributed by atoms with Gasteiger partial charge in [0, 0.05) is 29.8 Å². The van der Waals surface area contributed by atoms with Crippen LogP contribution < -0.4 is 10.9 Å². The lowest BCUT2D eigenvalue weighted by molar-refractivity contribution is -0.0998. The molecule has 2 N–H and O–H groups in total. The van der Waals surface area contributed by atoms with Crippen molar-refractivity contribution in [3.8, 4) is 11.1 Å². The van der Waals surface area contributed by atoms with Crippen LogP contribution in [0.4, 0.5) is 0 Å². The molecule has 2 aromatic rings. The van der Waals surface area contributed by atoms with Crippen LogP contribution in [-0.4, -0.2) is 40.9 Å². The minimum absolute atomic E-state index is 0.127. The molecule has 2 heterocycles. The summed E-state index contributed by atoms with van der Waals surface area (Å²) in [5, 5.41) is 14.6. The zero-order valence-corrected chi connectivity index (χ0v) is 16.7. The normalized spacial score (nSPS) is 21.3. The van der Waals surface area contributed by atoms with E-state index in [-0.39, 0.29) is 18.7 Å². The Bertz CT molecular complexity index is 904. The van der Waals surface area contributed by atoms with Crippen LogP contribution in [0.15, 0.2) is 47.4 Å². The topological polar surface area (TPSA) is 80.6 Å². The monoisotopic (exact) mass is 384 g/mol. The molecule has 6 nitrogen and oxygen atoms in total. The number of aromatic nitrogens is 1. The number of ether oxygens (including phenoxy) is 1. The largest absolute Gasteiger partial charge is 0.462 e. The third-order valence-corrected chi connectivity index (χ3v) is 5.68. The maximum absolute atomic E-state index is 12.9. The lowest BCUT2D eigenvalue weighted by atomic mass is 9.70. The average Bonchev–Trinajstić information content (AvgIpc) is 2.66. The number of esters is 1. The van der Waals surface area contributed by atoms with E-state index in [1.54, 1.807) is 6.92 Å². The summed E-state index contributed by atoms with van der Waals surface area (Å²) in [6, 6.07) is 10.8. The smallest absolute Gasteiger partial charge is 0.340 e. The van der Waals surface area contributed by atoms with Gasteiger partial charge < -0.3 is 19.7 Å². The molecule has 1 aromatic heterocycles. The Morgan fingerprint density at radius 3 is 2.64 bits per heavy atom. The summed E-state index contributed by atoms with van der Waals surface area (Å²) in [4.78, 5) is 25.4. The van der Waals surface area contributed by atoms with Gasteiger partial charge in [0.2, 0.25) is 0 Å². The van der Waals surface area contributed by atoms with Gasteiger partial charge >= 0.3 is 5.97 Å². The summed E-state index contributed by atoms with van der Waals surface area (Å²) in [5.74, 6) is -0.480. The number of carbonyl (C=O) groups excluding carboxylic acids is 1. The minimum atomic E-state index is -1.05. The van der Waals surface area contributed by atoms with Crippen LogP contribution in [-0.2, 0) is 11.3 Å². The van der Waals surface area contributed by atoms with Gasteiger partial charge in [0.25, 0.3) is 5.56 Å². The Morgan fingerprint density at radius 2 is 2.00 bits per heavy atom. The number of aliphatic hydroxyl groups is 1. The van der Waals surface area contributed by atoms with Gasteiger partial charge in [-0.1, -0.05) is 44.2 Å². The maximum Gasteiger partial charge on any atom is 0.340 e. The second-order valence-corrected chi connectivity index (χ2v) is 8.00. The van der Waals surface area contributed by atoms with E-state index in [1.165, 1.54) is 16.8 Å². The molecule has 3 rings (SSSR count). The molecule has 1 fully saturated rings. The molecule has 6 heteroatoms. The predicted molar refractivity (Wildman–Crippen MR) is 108 cm³/mol. The molecule has 1 aliphatic rings. The van der Waals surface area contributed by atoms with Gasteiger partial charge in [0.05, 0.1) is 24.3 Å². The Kier molecular flexibility index (Phi) is 5.72. The van der Waals surface area contributed by atoms with Gasteiger partial charge in [-0.05, 0) is 25.5 Å². The van der Waals surface area contributed by atoms with Crippen LogP contribution in [0.3, 0.4) is 0 Å². The van der Waals surface area contributed by atoms with Crippen LogP contribution in [0.2, 0.25) is 0 Å². The highest BCUT2D eigenvalue weighted by Crippen LogP contribution is 2.37. The van der Waals surface area contributed by atoms with Crippen molar-refractivity contribution in [3.05, 3.63) is 58.5 Å². The molecule has 0 radical (unpaired) electrons. The Balaban J connectivity index is 2.07. The third-order valence-electron chi connectivity index (χ3n) is 5.68. The minimum Gasteiger partial charge on any atom is -0.462 e. The van der Waals surface area contributed by atoms with Crippen molar-refractivity contribution in [2.45, 2.75) is 39.3 Å². The SMILES string of the molecule is CCOC(=O)c1cn(CC2(O)CCNCC2(C)C)c(=O)cc1-c1ccccc1. The van der Waals surface area contributed by atoms with Crippen LogP contribution in [0, 0.1) is 5.41 Å². The zero-order valence-electron chi connectivity index (χ0n) is 16.7. The highest BCUT2D eigenvalue weighted by molar-refractivity contribution is 5.96. The maximum atomic E-state index is 12.9. The second kappa shape index (κ2) is 7.89. The molecule has 1 aliphatic heterocycles. The molecule has 0 aliphatic carbocycles. The summed E-state index contributed by atoms with van der Waals surface area (Å²) in [6.07, 6.45) is 2.06. The van der Waals surface area contributed by atoms with Gasteiger partial charge in [-0.25, -0.2) is 4.79 Å². The Labute approximate surface area is 165 Å². The van der Waals surface area contributed by atoms with Crippen molar-refractivity contribution in [3.63, 3.8) is 0 Å². The number of rotatable bonds is 5. The molecule has 28 heavy (non-hydrogen) atoms. The third kappa shape index (κ3) is 3.88. The summed E-state index contributed by atoms with van der Waals surface area (Å²) in [7, 11) is 0. The average molecular weight is 384 g/mol. The van der Waals surface area contributed by atoms with Gasteiger partial charge in [-0.2, -0.15) is 0 Å². The quantitative estimate of drug-likeness (QED) is 0.774. The van der Waals surface area contributed by atoms with E-state index in [0.29, 0.717) is 30.6 Å². The van der Waals surface area contributed by atoms with Crippen molar-refractivity contribution in [2.75, 3.05) is 19.7 Å². The van der Waals surface area contributed by atoms with Crippen molar-refractivity contribution in [1.82, 2.24) is 9.88 Å². The molecule has 0 saturated carbocycles. The number of piperidine rings is 1. The fourth-order valence-electron chi connectivity index (χ4n) is 3.70. The van der Waals surface area contributed by atoms with Gasteiger partial charge in [0.15, 0.2) is 0 Å². The van der Waals surface area contributed by atoms with E-state index in [0.717, 1.165) is 5.56 Å². The van der Waals surface area contributed by atoms with Crippen LogP contribution >= 0.6 is 0 Å².